The van der Waals surface area contributed by atoms with Crippen LogP contribution in [0.4, 0.5) is 4.39 Å². The Balaban J connectivity index is 1.85. The SMILES string of the molecule is OC1CCOC[C@H]1[C@@H]1c2cc(F)ccc2-c2cncn21. The summed E-state index contributed by atoms with van der Waals surface area (Å²) in [6.45, 7) is 1.07. The van der Waals surface area contributed by atoms with Gasteiger partial charge in [0.05, 0.1) is 37.0 Å². The summed E-state index contributed by atoms with van der Waals surface area (Å²) in [4.78, 5) is 4.18. The Morgan fingerprint density at radius 1 is 1.40 bits per heavy atom. The van der Waals surface area contributed by atoms with E-state index in [1.807, 2.05) is 4.57 Å². The van der Waals surface area contributed by atoms with Crippen LogP contribution < -0.4 is 0 Å². The van der Waals surface area contributed by atoms with E-state index < -0.39 is 6.10 Å². The maximum atomic E-state index is 13.6. The average molecular weight is 274 g/mol. The van der Waals surface area contributed by atoms with Crippen LogP contribution in [0.3, 0.4) is 0 Å². The van der Waals surface area contributed by atoms with Crippen LogP contribution in [0.5, 0.6) is 0 Å². The third-order valence-corrected chi connectivity index (χ3v) is 4.34. The highest BCUT2D eigenvalue weighted by Gasteiger charge is 2.39. The fraction of sp³-hybridized carbons (Fsp3) is 0.400. The molecule has 0 spiro atoms. The molecule has 104 valence electrons. The predicted molar refractivity (Wildman–Crippen MR) is 70.7 cm³/mol. The minimum Gasteiger partial charge on any atom is -0.393 e. The third kappa shape index (κ3) is 1.63. The Morgan fingerprint density at radius 3 is 3.15 bits per heavy atom. The highest BCUT2D eigenvalue weighted by atomic mass is 19.1. The number of benzene rings is 1. The molecule has 20 heavy (non-hydrogen) atoms. The number of hydrogen-bond donors (Lipinski definition) is 1. The van der Waals surface area contributed by atoms with Gasteiger partial charge in [0.1, 0.15) is 5.82 Å². The van der Waals surface area contributed by atoms with Gasteiger partial charge < -0.3 is 14.4 Å². The smallest absolute Gasteiger partial charge is 0.123 e. The lowest BCUT2D eigenvalue weighted by Gasteiger charge is -2.33. The van der Waals surface area contributed by atoms with Gasteiger partial charge in [0, 0.05) is 18.1 Å². The zero-order valence-electron chi connectivity index (χ0n) is 10.9. The first-order chi connectivity index (χ1) is 9.75. The van der Waals surface area contributed by atoms with Gasteiger partial charge in [-0.1, -0.05) is 0 Å². The molecule has 0 aliphatic carbocycles. The van der Waals surface area contributed by atoms with Crippen LogP contribution in [0.25, 0.3) is 11.3 Å². The molecule has 0 bridgehead atoms. The Kier molecular flexibility index (Phi) is 2.65. The zero-order chi connectivity index (χ0) is 13.7. The summed E-state index contributed by atoms with van der Waals surface area (Å²) >= 11 is 0. The van der Waals surface area contributed by atoms with Crippen LogP contribution in [-0.4, -0.2) is 34.0 Å². The highest BCUT2D eigenvalue weighted by Crippen LogP contribution is 2.45. The van der Waals surface area contributed by atoms with Gasteiger partial charge in [-0.25, -0.2) is 9.37 Å². The number of aliphatic hydroxyl groups excluding tert-OH is 1. The van der Waals surface area contributed by atoms with Gasteiger partial charge >= 0.3 is 0 Å². The van der Waals surface area contributed by atoms with Gasteiger partial charge in [-0.15, -0.1) is 0 Å². The molecule has 4 rings (SSSR count). The van der Waals surface area contributed by atoms with Gasteiger partial charge in [0.15, 0.2) is 0 Å². The molecule has 1 aromatic carbocycles. The van der Waals surface area contributed by atoms with Crippen LogP contribution in [0.2, 0.25) is 0 Å². The molecule has 2 aliphatic rings. The fourth-order valence-corrected chi connectivity index (χ4v) is 3.38. The first-order valence-electron chi connectivity index (χ1n) is 6.83. The van der Waals surface area contributed by atoms with E-state index in [0.29, 0.717) is 19.6 Å². The van der Waals surface area contributed by atoms with Gasteiger partial charge in [0.25, 0.3) is 0 Å². The van der Waals surface area contributed by atoms with Gasteiger partial charge in [0.2, 0.25) is 0 Å². The molecule has 1 N–H and O–H groups in total. The number of aromatic nitrogens is 2. The molecular weight excluding hydrogens is 259 g/mol. The fourth-order valence-electron chi connectivity index (χ4n) is 3.38. The molecule has 0 radical (unpaired) electrons. The van der Waals surface area contributed by atoms with E-state index in [2.05, 4.69) is 4.98 Å². The lowest BCUT2D eigenvalue weighted by Crippen LogP contribution is -2.37. The molecule has 0 amide bonds. The van der Waals surface area contributed by atoms with Crippen molar-refractivity contribution >= 4 is 0 Å². The maximum Gasteiger partial charge on any atom is 0.123 e. The van der Waals surface area contributed by atoms with Crippen molar-refractivity contribution < 1.29 is 14.2 Å². The maximum absolute atomic E-state index is 13.6. The summed E-state index contributed by atoms with van der Waals surface area (Å²) < 4.78 is 21.1. The Morgan fingerprint density at radius 2 is 2.30 bits per heavy atom. The minimum absolute atomic E-state index is 0.0697. The standard InChI is InChI=1S/C15H15FN2O2/c16-9-1-2-10-11(5-9)15(18-8-17-6-13(10)18)12-7-20-4-3-14(12)19/h1-2,5-6,8,12,14-15,19H,3-4,7H2/t12-,14?,15+/m1/s1. The van der Waals surface area contributed by atoms with Crippen LogP contribution in [0.15, 0.2) is 30.7 Å². The van der Waals surface area contributed by atoms with Crippen molar-refractivity contribution in [1.29, 1.82) is 0 Å². The molecule has 2 aliphatic heterocycles. The number of aliphatic hydroxyl groups is 1. The summed E-state index contributed by atoms with van der Waals surface area (Å²) in [5.41, 5.74) is 2.88. The lowest BCUT2D eigenvalue weighted by atomic mass is 9.86. The first-order valence-corrected chi connectivity index (χ1v) is 6.83. The molecule has 0 saturated carbocycles. The number of hydrogen-bond acceptors (Lipinski definition) is 3. The molecule has 5 heteroatoms. The van der Waals surface area contributed by atoms with Crippen molar-refractivity contribution in [3.63, 3.8) is 0 Å². The number of imidazole rings is 1. The van der Waals surface area contributed by atoms with Gasteiger partial charge in [-0.2, -0.15) is 0 Å². The summed E-state index contributed by atoms with van der Waals surface area (Å²) in [6, 6.07) is 4.71. The van der Waals surface area contributed by atoms with E-state index in [9.17, 15) is 9.50 Å². The molecule has 4 nitrogen and oxygen atoms in total. The Labute approximate surface area is 115 Å². The number of rotatable bonds is 1. The quantitative estimate of drug-likeness (QED) is 0.865. The molecule has 1 aromatic heterocycles. The largest absolute Gasteiger partial charge is 0.393 e. The second-order valence-electron chi connectivity index (χ2n) is 5.46. The van der Waals surface area contributed by atoms with E-state index in [1.165, 1.54) is 6.07 Å². The van der Waals surface area contributed by atoms with E-state index in [1.54, 1.807) is 24.7 Å². The Bertz CT molecular complexity index is 655. The van der Waals surface area contributed by atoms with Crippen LogP contribution in [0.1, 0.15) is 18.0 Å². The van der Waals surface area contributed by atoms with Crippen LogP contribution in [0, 0.1) is 11.7 Å². The topological polar surface area (TPSA) is 47.3 Å². The molecule has 3 atom stereocenters. The molecule has 1 fully saturated rings. The molecule has 2 aromatic rings. The third-order valence-electron chi connectivity index (χ3n) is 4.34. The van der Waals surface area contributed by atoms with Crippen molar-refractivity contribution in [2.75, 3.05) is 13.2 Å². The summed E-state index contributed by atoms with van der Waals surface area (Å²) in [7, 11) is 0. The number of ether oxygens (including phenoxy) is 1. The number of halogens is 1. The summed E-state index contributed by atoms with van der Waals surface area (Å²) in [6.07, 6.45) is 3.72. The van der Waals surface area contributed by atoms with E-state index in [0.717, 1.165) is 16.8 Å². The zero-order valence-corrected chi connectivity index (χ0v) is 10.9. The molecule has 1 unspecified atom stereocenters. The van der Waals surface area contributed by atoms with Crippen LogP contribution in [-0.2, 0) is 4.74 Å². The van der Waals surface area contributed by atoms with Crippen molar-refractivity contribution in [2.45, 2.75) is 18.6 Å². The molecule has 1 saturated heterocycles. The average Bonchev–Trinajstić information content (AvgIpc) is 3.00. The second-order valence-corrected chi connectivity index (χ2v) is 5.46. The van der Waals surface area contributed by atoms with Crippen LogP contribution >= 0.6 is 0 Å². The second kappa shape index (κ2) is 4.40. The molecular formula is C15H15FN2O2. The van der Waals surface area contributed by atoms with Crippen molar-refractivity contribution in [1.82, 2.24) is 9.55 Å². The highest BCUT2D eigenvalue weighted by molar-refractivity contribution is 5.69. The van der Waals surface area contributed by atoms with Crippen molar-refractivity contribution in [3.05, 3.63) is 42.1 Å². The number of nitrogens with zero attached hydrogens (tertiary/aromatic N) is 2. The van der Waals surface area contributed by atoms with E-state index in [4.69, 9.17) is 4.74 Å². The molecule has 3 heterocycles. The van der Waals surface area contributed by atoms with Gasteiger partial charge in [-0.3, -0.25) is 0 Å². The lowest BCUT2D eigenvalue weighted by molar-refractivity contribution is -0.0481. The van der Waals surface area contributed by atoms with Crippen molar-refractivity contribution in [2.24, 2.45) is 5.92 Å². The van der Waals surface area contributed by atoms with E-state index >= 15 is 0 Å². The first kappa shape index (κ1) is 12.1. The normalized spacial score (nSPS) is 28.2. The summed E-state index contributed by atoms with van der Waals surface area (Å²) in [5, 5.41) is 10.3. The summed E-state index contributed by atoms with van der Waals surface area (Å²) in [5.74, 6) is -0.321. The van der Waals surface area contributed by atoms with Crippen molar-refractivity contribution in [3.8, 4) is 11.3 Å². The minimum atomic E-state index is -0.432. The van der Waals surface area contributed by atoms with E-state index in [-0.39, 0.29) is 17.8 Å². The van der Waals surface area contributed by atoms with Gasteiger partial charge in [-0.05, 0) is 30.2 Å². The predicted octanol–water partition coefficient (Wildman–Crippen LogP) is 1.99. The number of fused-ring (bicyclic) bond motifs is 3. The monoisotopic (exact) mass is 274 g/mol. The Hall–Kier alpha value is -1.72.